The van der Waals surface area contributed by atoms with E-state index >= 15 is 0 Å². The molecule has 1 amide bonds. The van der Waals surface area contributed by atoms with Gasteiger partial charge in [0.2, 0.25) is 0 Å². The van der Waals surface area contributed by atoms with E-state index in [0.717, 1.165) is 63.2 Å². The number of carbonyl (C=O) groups excluding carboxylic acids is 1. The van der Waals surface area contributed by atoms with Gasteiger partial charge in [-0.15, -0.1) is 5.10 Å². The lowest BCUT2D eigenvalue weighted by Crippen LogP contribution is -2.38. The first-order chi connectivity index (χ1) is 17.1. The van der Waals surface area contributed by atoms with Crippen LogP contribution >= 0.6 is 11.6 Å². The van der Waals surface area contributed by atoms with Gasteiger partial charge >= 0.3 is 0 Å². The van der Waals surface area contributed by atoms with Crippen molar-refractivity contribution in [3.8, 4) is 0 Å². The van der Waals surface area contributed by atoms with Crippen molar-refractivity contribution in [1.29, 1.82) is 0 Å². The summed E-state index contributed by atoms with van der Waals surface area (Å²) in [7, 11) is 1.72. The Kier molecular flexibility index (Phi) is 7.31. The van der Waals surface area contributed by atoms with Crippen molar-refractivity contribution in [2.24, 2.45) is 0 Å². The van der Waals surface area contributed by atoms with E-state index < -0.39 is 0 Å². The number of rotatable bonds is 10. The Morgan fingerprint density at radius 2 is 1.83 bits per heavy atom. The number of carbonyl (C=O) groups is 1. The van der Waals surface area contributed by atoms with Gasteiger partial charge in [0, 0.05) is 49.7 Å². The van der Waals surface area contributed by atoms with E-state index in [-0.39, 0.29) is 5.91 Å². The number of hydrogen-bond donors (Lipinski definition) is 4. The minimum atomic E-state index is -0.315. The fourth-order valence-electron chi connectivity index (χ4n) is 4.44. The number of fused-ring (bicyclic) bond motifs is 1. The molecule has 35 heavy (non-hydrogen) atoms. The Balaban J connectivity index is 1.33. The van der Waals surface area contributed by atoms with E-state index in [4.69, 9.17) is 21.4 Å². The summed E-state index contributed by atoms with van der Waals surface area (Å²) >= 11 is 5.96. The Morgan fingerprint density at radius 3 is 2.57 bits per heavy atom. The first-order valence-electron chi connectivity index (χ1n) is 12.2. The maximum absolute atomic E-state index is 13.1. The zero-order chi connectivity index (χ0) is 24.2. The molecule has 10 nitrogen and oxygen atoms in total. The highest BCUT2D eigenvalue weighted by Gasteiger charge is 2.26. The van der Waals surface area contributed by atoms with E-state index in [1.807, 2.05) is 6.07 Å². The molecule has 0 radical (unpaired) electrons. The smallest absolute Gasteiger partial charge is 0.276 e. The van der Waals surface area contributed by atoms with E-state index in [1.54, 1.807) is 36.2 Å². The predicted molar refractivity (Wildman–Crippen MR) is 136 cm³/mol. The molecule has 3 heterocycles. The molecule has 5 rings (SSSR count). The minimum absolute atomic E-state index is 0.310. The molecule has 0 atom stereocenters. The third kappa shape index (κ3) is 6.01. The van der Waals surface area contributed by atoms with Gasteiger partial charge in [-0.3, -0.25) is 4.79 Å². The second kappa shape index (κ2) is 10.8. The maximum atomic E-state index is 13.1. The number of methoxy groups -OCH3 is 1. The summed E-state index contributed by atoms with van der Waals surface area (Å²) in [6.07, 6.45) is 9.67. The summed E-state index contributed by atoms with van der Waals surface area (Å²) < 4.78 is 6.75. The molecule has 0 spiro atoms. The second-order valence-corrected chi connectivity index (χ2v) is 9.59. The van der Waals surface area contributed by atoms with Gasteiger partial charge < -0.3 is 26.0 Å². The first-order valence-corrected chi connectivity index (χ1v) is 12.5. The van der Waals surface area contributed by atoms with Crippen molar-refractivity contribution in [1.82, 2.24) is 24.9 Å². The average Bonchev–Trinajstić information content (AvgIpc) is 3.55. The van der Waals surface area contributed by atoms with Crippen LogP contribution in [0.25, 0.3) is 5.65 Å². The van der Waals surface area contributed by atoms with Gasteiger partial charge in [0.1, 0.15) is 11.0 Å². The van der Waals surface area contributed by atoms with Crippen LogP contribution in [-0.2, 0) is 4.74 Å². The zero-order valence-electron chi connectivity index (χ0n) is 19.8. The van der Waals surface area contributed by atoms with E-state index in [1.165, 1.54) is 0 Å². The van der Waals surface area contributed by atoms with Crippen LogP contribution in [0.15, 0.2) is 30.6 Å². The molecule has 4 N–H and O–H groups in total. The standard InChI is InChI=1S/C24H31ClN8O2/c1-35-11-10-26-15-2-4-17(5-3-15)30-22-13-19(29-16-6-7-16)23-28-14-20(33(23)32-22)24(34)31-18-8-9-27-21(25)12-18/h8-9,12-17,26,29H,2-7,10-11H2,1H3,(H,30,32)(H,27,31,34). The molecule has 2 fully saturated rings. The van der Waals surface area contributed by atoms with E-state index in [9.17, 15) is 4.79 Å². The van der Waals surface area contributed by atoms with Crippen molar-refractivity contribution >= 4 is 40.3 Å². The number of hydrogen-bond acceptors (Lipinski definition) is 8. The third-order valence-corrected chi connectivity index (χ3v) is 6.65. The Morgan fingerprint density at radius 1 is 1.09 bits per heavy atom. The number of aromatic nitrogens is 4. The van der Waals surface area contributed by atoms with Crippen LogP contribution in [0.3, 0.4) is 0 Å². The van der Waals surface area contributed by atoms with Gasteiger partial charge in [-0.1, -0.05) is 11.6 Å². The van der Waals surface area contributed by atoms with Gasteiger partial charge in [-0.05, 0) is 50.7 Å². The highest BCUT2D eigenvalue weighted by atomic mass is 35.5. The fourth-order valence-corrected chi connectivity index (χ4v) is 4.61. The largest absolute Gasteiger partial charge is 0.383 e. The monoisotopic (exact) mass is 498 g/mol. The lowest BCUT2D eigenvalue weighted by Gasteiger charge is -2.30. The average molecular weight is 499 g/mol. The molecule has 0 aromatic carbocycles. The Bertz CT molecular complexity index is 1170. The molecule has 2 aliphatic carbocycles. The SMILES string of the molecule is COCCNC1CCC(Nc2cc(NC3CC3)c3ncc(C(=O)Nc4ccnc(Cl)c4)n3n2)CC1. The number of ether oxygens (including phenoxy) is 1. The van der Waals surface area contributed by atoms with Gasteiger partial charge in [0.15, 0.2) is 11.3 Å². The molecule has 3 aromatic rings. The first kappa shape index (κ1) is 23.8. The van der Waals surface area contributed by atoms with Crippen molar-refractivity contribution < 1.29 is 9.53 Å². The number of anilines is 3. The summed E-state index contributed by atoms with van der Waals surface area (Å²) in [5, 5.41) is 18.6. The number of imidazole rings is 1. The quantitative estimate of drug-likeness (QED) is 0.247. The number of halogens is 1. The van der Waals surface area contributed by atoms with Crippen molar-refractivity contribution in [3.05, 3.63) is 41.4 Å². The van der Waals surface area contributed by atoms with Crippen LogP contribution in [0.2, 0.25) is 5.15 Å². The van der Waals surface area contributed by atoms with Crippen LogP contribution in [0.1, 0.15) is 49.0 Å². The second-order valence-electron chi connectivity index (χ2n) is 9.20. The van der Waals surface area contributed by atoms with Crippen LogP contribution in [0.5, 0.6) is 0 Å². The predicted octanol–water partition coefficient (Wildman–Crippen LogP) is 3.56. The summed E-state index contributed by atoms with van der Waals surface area (Å²) in [4.78, 5) is 21.5. The number of amides is 1. The van der Waals surface area contributed by atoms with Gasteiger partial charge in [-0.2, -0.15) is 0 Å². The Hall–Kier alpha value is -2.95. The lowest BCUT2D eigenvalue weighted by molar-refractivity contribution is 0.102. The van der Waals surface area contributed by atoms with Crippen LogP contribution in [0.4, 0.5) is 17.2 Å². The van der Waals surface area contributed by atoms with Gasteiger partial charge in [0.25, 0.3) is 5.91 Å². The fraction of sp³-hybridized carbons (Fsp3) is 0.500. The highest BCUT2D eigenvalue weighted by Crippen LogP contribution is 2.30. The molecule has 0 saturated heterocycles. The topological polar surface area (TPSA) is 118 Å². The summed E-state index contributed by atoms with van der Waals surface area (Å²) in [5.74, 6) is 0.417. The zero-order valence-corrected chi connectivity index (χ0v) is 20.5. The summed E-state index contributed by atoms with van der Waals surface area (Å²) in [6.45, 7) is 1.61. The normalized spacial score (nSPS) is 20.1. The summed E-state index contributed by atoms with van der Waals surface area (Å²) in [5.41, 5.74) is 2.42. The van der Waals surface area contributed by atoms with Crippen LogP contribution < -0.4 is 21.3 Å². The van der Waals surface area contributed by atoms with Crippen molar-refractivity contribution in [2.45, 2.75) is 56.7 Å². The molecule has 186 valence electrons. The molecule has 0 bridgehead atoms. The molecule has 2 aliphatic rings. The molecule has 0 unspecified atom stereocenters. The maximum Gasteiger partial charge on any atom is 0.276 e. The molecule has 0 aliphatic heterocycles. The van der Waals surface area contributed by atoms with Crippen molar-refractivity contribution in [3.63, 3.8) is 0 Å². The highest BCUT2D eigenvalue weighted by molar-refractivity contribution is 6.29. The minimum Gasteiger partial charge on any atom is -0.383 e. The molecular formula is C24H31ClN8O2. The van der Waals surface area contributed by atoms with Crippen LogP contribution in [0, 0.1) is 0 Å². The van der Waals surface area contributed by atoms with E-state index in [0.29, 0.717) is 40.3 Å². The molecule has 3 aromatic heterocycles. The van der Waals surface area contributed by atoms with Gasteiger partial charge in [0.05, 0.1) is 18.5 Å². The Labute approximate surface area is 209 Å². The number of nitrogens with one attached hydrogen (secondary N) is 4. The van der Waals surface area contributed by atoms with Crippen molar-refractivity contribution in [2.75, 3.05) is 36.2 Å². The number of nitrogens with zero attached hydrogens (tertiary/aromatic N) is 4. The summed E-state index contributed by atoms with van der Waals surface area (Å²) in [6, 6.07) is 6.59. The molecule has 2 saturated carbocycles. The van der Waals surface area contributed by atoms with Crippen LogP contribution in [-0.4, -0.2) is 63.9 Å². The molecule has 11 heteroatoms. The van der Waals surface area contributed by atoms with E-state index in [2.05, 4.69) is 31.2 Å². The number of pyridine rings is 1. The van der Waals surface area contributed by atoms with Gasteiger partial charge in [-0.25, -0.2) is 14.5 Å². The molecular weight excluding hydrogens is 468 g/mol. The lowest BCUT2D eigenvalue weighted by atomic mass is 9.91. The third-order valence-electron chi connectivity index (χ3n) is 6.44.